The standard InChI is InChI=1S/C18H34BrNO7/c19-11-14(22)20-9-7-5-3-1-2-4-6-8-10-26-18-17(25)16(24)15(23)13(12-21)27-18/h13,15-18,21,23-25H,1-12H2,(H,20,22)/t13-,15-,16+,17-,18?/m1/s1. The summed E-state index contributed by atoms with van der Waals surface area (Å²) in [5.41, 5.74) is 0. The van der Waals surface area contributed by atoms with Crippen molar-refractivity contribution in [1.82, 2.24) is 5.32 Å². The molecule has 1 heterocycles. The maximum Gasteiger partial charge on any atom is 0.230 e. The summed E-state index contributed by atoms with van der Waals surface area (Å²) in [4.78, 5) is 11.0. The molecule has 5 N–H and O–H groups in total. The van der Waals surface area contributed by atoms with Crippen LogP contribution in [-0.4, -0.2) is 82.1 Å². The molecule has 9 heteroatoms. The van der Waals surface area contributed by atoms with Gasteiger partial charge >= 0.3 is 0 Å². The highest BCUT2D eigenvalue weighted by Crippen LogP contribution is 2.22. The fraction of sp³-hybridized carbons (Fsp3) is 0.944. The van der Waals surface area contributed by atoms with Gasteiger partial charge in [-0.05, 0) is 12.8 Å². The number of hydrogen-bond acceptors (Lipinski definition) is 7. The third-order valence-corrected chi connectivity index (χ3v) is 5.15. The van der Waals surface area contributed by atoms with E-state index in [2.05, 4.69) is 21.2 Å². The largest absolute Gasteiger partial charge is 0.394 e. The number of carbonyl (C=O) groups excluding carboxylic acids is 1. The minimum absolute atomic E-state index is 0.0286. The molecule has 0 radical (unpaired) electrons. The van der Waals surface area contributed by atoms with Crippen LogP contribution in [0.25, 0.3) is 0 Å². The van der Waals surface area contributed by atoms with Gasteiger partial charge in [-0.15, -0.1) is 0 Å². The molecule has 1 aliphatic rings. The van der Waals surface area contributed by atoms with Gasteiger partial charge < -0.3 is 35.2 Å². The summed E-state index contributed by atoms with van der Waals surface area (Å²) in [6, 6.07) is 0. The van der Waals surface area contributed by atoms with Gasteiger partial charge in [-0.3, -0.25) is 4.79 Å². The van der Waals surface area contributed by atoms with Crippen LogP contribution in [-0.2, 0) is 14.3 Å². The number of ether oxygens (including phenoxy) is 2. The van der Waals surface area contributed by atoms with Gasteiger partial charge in [-0.2, -0.15) is 0 Å². The zero-order valence-electron chi connectivity index (χ0n) is 15.8. The van der Waals surface area contributed by atoms with Crippen molar-refractivity contribution in [2.45, 2.75) is 82.1 Å². The first-order valence-corrected chi connectivity index (χ1v) is 10.9. The average molecular weight is 456 g/mol. The number of halogens is 1. The SMILES string of the molecule is O=C(CBr)NCCCCCCCCCCOC1O[C@H](CO)[C@@H](O)[C@H](O)[C@H]1O. The molecule has 5 atom stereocenters. The molecule has 8 nitrogen and oxygen atoms in total. The molecule has 1 unspecified atom stereocenters. The van der Waals surface area contributed by atoms with E-state index in [1.807, 2.05) is 0 Å². The van der Waals surface area contributed by atoms with Crippen LogP contribution < -0.4 is 5.32 Å². The summed E-state index contributed by atoms with van der Waals surface area (Å²) >= 11 is 3.11. The number of amides is 1. The smallest absolute Gasteiger partial charge is 0.230 e. The first kappa shape index (κ1) is 24.7. The molecule has 0 aromatic rings. The van der Waals surface area contributed by atoms with Gasteiger partial charge in [-0.1, -0.05) is 54.5 Å². The highest BCUT2D eigenvalue weighted by atomic mass is 79.9. The van der Waals surface area contributed by atoms with Gasteiger partial charge in [0.25, 0.3) is 0 Å². The van der Waals surface area contributed by atoms with E-state index >= 15 is 0 Å². The second-order valence-electron chi connectivity index (χ2n) is 6.88. The van der Waals surface area contributed by atoms with Gasteiger partial charge in [0.2, 0.25) is 5.91 Å². The molecule has 0 aliphatic carbocycles. The van der Waals surface area contributed by atoms with Crippen LogP contribution in [0.1, 0.15) is 51.4 Å². The summed E-state index contributed by atoms with van der Waals surface area (Å²) in [6.07, 6.45) is 2.45. The second kappa shape index (κ2) is 14.7. The van der Waals surface area contributed by atoms with Crippen molar-refractivity contribution in [3.63, 3.8) is 0 Å². The number of aliphatic hydroxyl groups is 4. The van der Waals surface area contributed by atoms with Crippen molar-refractivity contribution in [2.75, 3.05) is 25.1 Å². The van der Waals surface area contributed by atoms with E-state index in [-0.39, 0.29) is 5.91 Å². The number of nitrogens with one attached hydrogen (secondary N) is 1. The van der Waals surface area contributed by atoms with Gasteiger partial charge in [0.05, 0.1) is 11.9 Å². The Kier molecular flexibility index (Phi) is 13.4. The lowest BCUT2D eigenvalue weighted by atomic mass is 9.99. The molecule has 0 aromatic heterocycles. The maximum atomic E-state index is 11.0. The summed E-state index contributed by atoms with van der Waals surface area (Å²) in [5.74, 6) is 0.0286. The number of aliphatic hydroxyl groups excluding tert-OH is 4. The van der Waals surface area contributed by atoms with Crippen LogP contribution in [0.15, 0.2) is 0 Å². The molecule has 1 saturated heterocycles. The second-order valence-corrected chi connectivity index (χ2v) is 7.44. The molecule has 1 rings (SSSR count). The van der Waals surface area contributed by atoms with E-state index in [0.29, 0.717) is 11.9 Å². The predicted molar refractivity (Wildman–Crippen MR) is 103 cm³/mol. The minimum atomic E-state index is -1.39. The lowest BCUT2D eigenvalue weighted by molar-refractivity contribution is -0.301. The average Bonchev–Trinajstić information content (AvgIpc) is 2.68. The summed E-state index contributed by atoms with van der Waals surface area (Å²) in [5, 5.41) is 41.6. The van der Waals surface area contributed by atoms with E-state index in [9.17, 15) is 20.1 Å². The first-order valence-electron chi connectivity index (χ1n) is 9.76. The van der Waals surface area contributed by atoms with E-state index in [1.54, 1.807) is 0 Å². The molecule has 0 aromatic carbocycles. The molecule has 1 fully saturated rings. The number of hydrogen-bond donors (Lipinski definition) is 5. The Bertz CT molecular complexity index is 400. The monoisotopic (exact) mass is 455 g/mol. The molecule has 0 saturated carbocycles. The zero-order chi connectivity index (χ0) is 20.1. The van der Waals surface area contributed by atoms with E-state index in [4.69, 9.17) is 14.6 Å². The van der Waals surface area contributed by atoms with Crippen LogP contribution in [0, 0.1) is 0 Å². The van der Waals surface area contributed by atoms with Gasteiger partial charge in [-0.25, -0.2) is 0 Å². The number of unbranched alkanes of at least 4 members (excludes halogenated alkanes) is 7. The highest BCUT2D eigenvalue weighted by Gasteiger charge is 2.43. The molecular formula is C18H34BrNO7. The topological polar surface area (TPSA) is 128 Å². The predicted octanol–water partition coefficient (Wildman–Crippen LogP) is 0.435. The maximum absolute atomic E-state index is 11.0. The van der Waals surface area contributed by atoms with Crippen molar-refractivity contribution < 1.29 is 34.7 Å². The molecule has 1 amide bonds. The Labute approximate surface area is 169 Å². The van der Waals surface area contributed by atoms with Crippen molar-refractivity contribution >= 4 is 21.8 Å². The van der Waals surface area contributed by atoms with Crippen molar-refractivity contribution in [2.24, 2.45) is 0 Å². The van der Waals surface area contributed by atoms with Crippen LogP contribution in [0.3, 0.4) is 0 Å². The Morgan fingerprint density at radius 3 is 2.11 bits per heavy atom. The van der Waals surface area contributed by atoms with Gasteiger partial charge in [0, 0.05) is 13.2 Å². The molecular weight excluding hydrogens is 422 g/mol. The van der Waals surface area contributed by atoms with Crippen LogP contribution in [0.5, 0.6) is 0 Å². The first-order chi connectivity index (χ1) is 13.0. The molecule has 1 aliphatic heterocycles. The fourth-order valence-electron chi connectivity index (χ4n) is 2.97. The van der Waals surface area contributed by atoms with E-state index < -0.39 is 37.3 Å². The molecule has 0 spiro atoms. The summed E-state index contributed by atoms with van der Waals surface area (Å²) in [7, 11) is 0. The van der Waals surface area contributed by atoms with E-state index in [0.717, 1.165) is 51.5 Å². The Morgan fingerprint density at radius 1 is 0.926 bits per heavy atom. The normalized spacial score (nSPS) is 28.3. The van der Waals surface area contributed by atoms with Crippen LogP contribution in [0.2, 0.25) is 0 Å². The molecule has 27 heavy (non-hydrogen) atoms. The van der Waals surface area contributed by atoms with Crippen molar-refractivity contribution in [1.29, 1.82) is 0 Å². The quantitative estimate of drug-likeness (QED) is 0.190. The highest BCUT2D eigenvalue weighted by molar-refractivity contribution is 9.09. The Balaban J connectivity index is 1.96. The van der Waals surface area contributed by atoms with Gasteiger partial charge in [0.1, 0.15) is 24.4 Å². The van der Waals surface area contributed by atoms with Crippen molar-refractivity contribution in [3.05, 3.63) is 0 Å². The number of rotatable bonds is 14. The Morgan fingerprint density at radius 2 is 1.52 bits per heavy atom. The lowest BCUT2D eigenvalue weighted by Crippen LogP contribution is -2.59. The third kappa shape index (κ3) is 9.65. The fourth-order valence-corrected chi connectivity index (χ4v) is 3.17. The minimum Gasteiger partial charge on any atom is -0.394 e. The molecule has 160 valence electrons. The Hall–Kier alpha value is -0.290. The zero-order valence-corrected chi connectivity index (χ0v) is 17.3. The van der Waals surface area contributed by atoms with E-state index in [1.165, 1.54) is 6.42 Å². The van der Waals surface area contributed by atoms with Gasteiger partial charge in [0.15, 0.2) is 6.29 Å². The summed E-state index contributed by atoms with van der Waals surface area (Å²) < 4.78 is 10.7. The third-order valence-electron chi connectivity index (χ3n) is 4.65. The van der Waals surface area contributed by atoms with Crippen molar-refractivity contribution in [3.8, 4) is 0 Å². The number of carbonyl (C=O) groups is 1. The van der Waals surface area contributed by atoms with Crippen LogP contribution in [0.4, 0.5) is 0 Å². The number of alkyl halides is 1. The molecule has 0 bridgehead atoms. The lowest BCUT2D eigenvalue weighted by Gasteiger charge is -2.39. The summed E-state index contributed by atoms with van der Waals surface area (Å²) in [6.45, 7) is 0.670. The van der Waals surface area contributed by atoms with Crippen LogP contribution >= 0.6 is 15.9 Å².